The van der Waals surface area contributed by atoms with E-state index in [2.05, 4.69) is 58.8 Å². The molecule has 2 nitrogen and oxygen atoms in total. The van der Waals surface area contributed by atoms with Crippen LogP contribution in [0.3, 0.4) is 0 Å². The van der Waals surface area contributed by atoms with Crippen LogP contribution in [0.4, 0.5) is 5.69 Å². The Kier molecular flexibility index (Phi) is 2.77. The average molecular weight is 298 g/mol. The number of anilines is 1. The van der Waals surface area contributed by atoms with Crippen molar-refractivity contribution in [1.82, 2.24) is 4.98 Å². The van der Waals surface area contributed by atoms with Gasteiger partial charge in [-0.1, -0.05) is 30.3 Å². The second-order valence-corrected chi connectivity index (χ2v) is 6.42. The minimum absolute atomic E-state index is 0.296. The highest BCUT2D eigenvalue weighted by Crippen LogP contribution is 2.49. The van der Waals surface area contributed by atoms with Crippen molar-refractivity contribution in [3.05, 3.63) is 77.6 Å². The number of allylic oxidation sites excluding steroid dienone is 1. The molecular formula is C21H18N2. The lowest BCUT2D eigenvalue weighted by Crippen LogP contribution is -2.18. The van der Waals surface area contributed by atoms with Crippen LogP contribution in [0.1, 0.15) is 36.4 Å². The normalized spacial score (nSPS) is 19.4. The molecule has 0 saturated carbocycles. The van der Waals surface area contributed by atoms with Gasteiger partial charge < -0.3 is 5.32 Å². The van der Waals surface area contributed by atoms with Crippen LogP contribution < -0.4 is 5.32 Å². The maximum atomic E-state index is 4.17. The lowest BCUT2D eigenvalue weighted by molar-refractivity contribution is 0.820. The fraction of sp³-hybridized carbons (Fsp3) is 0.190. The molecular weight excluding hydrogens is 280 g/mol. The number of fused-ring (bicyclic) bond motifs is 4. The maximum Gasteiger partial charge on any atom is 0.0734 e. The molecule has 2 heterocycles. The van der Waals surface area contributed by atoms with Crippen LogP contribution in [0.2, 0.25) is 0 Å². The maximum absolute atomic E-state index is 4.17. The molecule has 0 saturated heterocycles. The third kappa shape index (κ3) is 1.91. The SMILES string of the molecule is c1ccc2c3c(ccc2c1)N[C@@H](c1ccncc1)C1=C3CCC1. The van der Waals surface area contributed by atoms with E-state index in [1.54, 1.807) is 11.1 Å². The minimum Gasteiger partial charge on any atom is -0.374 e. The quantitative estimate of drug-likeness (QED) is 0.656. The third-order valence-electron chi connectivity index (χ3n) is 5.18. The molecule has 1 N–H and O–H groups in total. The van der Waals surface area contributed by atoms with Gasteiger partial charge in [-0.25, -0.2) is 0 Å². The number of rotatable bonds is 1. The van der Waals surface area contributed by atoms with E-state index in [-0.39, 0.29) is 0 Å². The van der Waals surface area contributed by atoms with E-state index in [0.29, 0.717) is 6.04 Å². The summed E-state index contributed by atoms with van der Waals surface area (Å²) in [4.78, 5) is 4.17. The fourth-order valence-electron chi connectivity index (χ4n) is 4.17. The minimum atomic E-state index is 0.296. The Morgan fingerprint density at radius 3 is 2.70 bits per heavy atom. The summed E-state index contributed by atoms with van der Waals surface area (Å²) in [6, 6.07) is 17.8. The van der Waals surface area contributed by atoms with E-state index >= 15 is 0 Å². The molecule has 0 fully saturated rings. The molecule has 1 aliphatic carbocycles. The smallest absolute Gasteiger partial charge is 0.0734 e. The van der Waals surface area contributed by atoms with Gasteiger partial charge in [-0.15, -0.1) is 0 Å². The summed E-state index contributed by atoms with van der Waals surface area (Å²) < 4.78 is 0. The van der Waals surface area contributed by atoms with Gasteiger partial charge in [0.15, 0.2) is 0 Å². The van der Waals surface area contributed by atoms with E-state index in [1.165, 1.54) is 46.8 Å². The largest absolute Gasteiger partial charge is 0.374 e. The van der Waals surface area contributed by atoms with Crippen molar-refractivity contribution in [3.63, 3.8) is 0 Å². The Hall–Kier alpha value is -2.61. The van der Waals surface area contributed by atoms with Crippen molar-refractivity contribution in [3.8, 4) is 0 Å². The molecule has 5 rings (SSSR count). The van der Waals surface area contributed by atoms with Gasteiger partial charge >= 0.3 is 0 Å². The van der Waals surface area contributed by atoms with E-state index in [4.69, 9.17) is 0 Å². The van der Waals surface area contributed by atoms with Crippen LogP contribution >= 0.6 is 0 Å². The highest BCUT2D eigenvalue weighted by atomic mass is 14.9. The van der Waals surface area contributed by atoms with Crippen molar-refractivity contribution >= 4 is 22.0 Å². The van der Waals surface area contributed by atoms with Gasteiger partial charge in [-0.05, 0) is 64.9 Å². The molecule has 2 heteroatoms. The van der Waals surface area contributed by atoms with Crippen molar-refractivity contribution in [2.24, 2.45) is 0 Å². The first kappa shape index (κ1) is 12.9. The van der Waals surface area contributed by atoms with Gasteiger partial charge in [-0.2, -0.15) is 0 Å². The molecule has 1 aromatic heterocycles. The van der Waals surface area contributed by atoms with Gasteiger partial charge in [0.1, 0.15) is 0 Å². The van der Waals surface area contributed by atoms with Crippen LogP contribution in [-0.4, -0.2) is 4.98 Å². The Balaban J connectivity index is 1.76. The summed E-state index contributed by atoms with van der Waals surface area (Å²) in [5, 5.41) is 6.49. The zero-order valence-electron chi connectivity index (χ0n) is 12.9. The predicted molar refractivity (Wildman–Crippen MR) is 95.3 cm³/mol. The average Bonchev–Trinajstić information content (AvgIpc) is 3.11. The Labute approximate surface area is 135 Å². The lowest BCUT2D eigenvalue weighted by atomic mass is 9.86. The molecule has 1 atom stereocenters. The van der Waals surface area contributed by atoms with Crippen molar-refractivity contribution in [2.45, 2.75) is 25.3 Å². The van der Waals surface area contributed by atoms with E-state index < -0.39 is 0 Å². The van der Waals surface area contributed by atoms with Crippen molar-refractivity contribution in [2.75, 3.05) is 5.32 Å². The zero-order chi connectivity index (χ0) is 15.2. The molecule has 0 radical (unpaired) electrons. The first-order valence-corrected chi connectivity index (χ1v) is 8.32. The number of hydrogen-bond acceptors (Lipinski definition) is 2. The molecule has 0 spiro atoms. The second kappa shape index (κ2) is 4.95. The van der Waals surface area contributed by atoms with Crippen molar-refractivity contribution in [1.29, 1.82) is 0 Å². The highest BCUT2D eigenvalue weighted by molar-refractivity contribution is 6.01. The summed E-state index contributed by atoms with van der Waals surface area (Å²) in [5.41, 5.74) is 7.15. The van der Waals surface area contributed by atoms with Crippen LogP contribution in [0.25, 0.3) is 16.3 Å². The van der Waals surface area contributed by atoms with Crippen LogP contribution in [0, 0.1) is 0 Å². The Morgan fingerprint density at radius 2 is 1.78 bits per heavy atom. The van der Waals surface area contributed by atoms with Crippen LogP contribution in [0.15, 0.2) is 66.5 Å². The van der Waals surface area contributed by atoms with Gasteiger partial charge in [-0.3, -0.25) is 4.98 Å². The summed E-state index contributed by atoms with van der Waals surface area (Å²) in [7, 11) is 0. The van der Waals surface area contributed by atoms with Crippen LogP contribution in [0.5, 0.6) is 0 Å². The number of hydrogen-bond donors (Lipinski definition) is 1. The standard InChI is InChI=1S/C21H18N2/c1-2-5-16-14(4-1)8-9-19-20(16)17-6-3-7-18(17)21(23-19)15-10-12-22-13-11-15/h1-2,4-5,8-13,21,23H,3,6-7H2/t21-/m0/s1. The molecule has 2 aliphatic rings. The number of benzene rings is 2. The van der Waals surface area contributed by atoms with E-state index in [1.807, 2.05) is 12.4 Å². The van der Waals surface area contributed by atoms with Gasteiger partial charge in [0.2, 0.25) is 0 Å². The molecule has 0 unspecified atom stereocenters. The summed E-state index contributed by atoms with van der Waals surface area (Å²) in [6.45, 7) is 0. The fourth-order valence-corrected chi connectivity index (χ4v) is 4.17. The molecule has 2 aromatic carbocycles. The molecule has 0 bridgehead atoms. The number of aromatic nitrogens is 1. The Morgan fingerprint density at radius 1 is 0.913 bits per heavy atom. The molecule has 1 aliphatic heterocycles. The lowest BCUT2D eigenvalue weighted by Gasteiger charge is -2.30. The summed E-state index contributed by atoms with van der Waals surface area (Å²) in [5.74, 6) is 0. The highest BCUT2D eigenvalue weighted by Gasteiger charge is 2.31. The van der Waals surface area contributed by atoms with Crippen molar-refractivity contribution < 1.29 is 0 Å². The number of pyridine rings is 1. The topological polar surface area (TPSA) is 24.9 Å². The first-order chi connectivity index (χ1) is 11.4. The zero-order valence-corrected chi connectivity index (χ0v) is 12.9. The van der Waals surface area contributed by atoms with E-state index in [0.717, 1.165) is 0 Å². The van der Waals surface area contributed by atoms with Gasteiger partial charge in [0, 0.05) is 23.6 Å². The summed E-state index contributed by atoms with van der Waals surface area (Å²) in [6.07, 6.45) is 7.43. The number of nitrogens with zero attached hydrogens (tertiary/aromatic N) is 1. The molecule has 0 amide bonds. The second-order valence-electron chi connectivity index (χ2n) is 6.42. The van der Waals surface area contributed by atoms with Gasteiger partial charge in [0.05, 0.1) is 6.04 Å². The molecule has 23 heavy (non-hydrogen) atoms. The first-order valence-electron chi connectivity index (χ1n) is 8.32. The molecule has 3 aromatic rings. The van der Waals surface area contributed by atoms with Crippen LogP contribution in [-0.2, 0) is 0 Å². The Bertz CT molecular complexity index is 925. The third-order valence-corrected chi connectivity index (χ3v) is 5.18. The predicted octanol–water partition coefficient (Wildman–Crippen LogP) is 5.34. The van der Waals surface area contributed by atoms with Gasteiger partial charge in [0.25, 0.3) is 0 Å². The number of nitrogens with one attached hydrogen (secondary N) is 1. The summed E-state index contributed by atoms with van der Waals surface area (Å²) >= 11 is 0. The monoisotopic (exact) mass is 298 g/mol. The van der Waals surface area contributed by atoms with E-state index in [9.17, 15) is 0 Å². The molecule has 112 valence electrons.